The van der Waals surface area contributed by atoms with Crippen molar-refractivity contribution in [1.29, 1.82) is 0 Å². The Balaban J connectivity index is 1.43. The fraction of sp³-hybridized carbons (Fsp3) is 0.160. The lowest BCUT2D eigenvalue weighted by Crippen LogP contribution is -2.30. The van der Waals surface area contributed by atoms with Crippen LogP contribution in [-0.2, 0) is 17.8 Å². The van der Waals surface area contributed by atoms with E-state index in [1.165, 1.54) is 29.5 Å². The van der Waals surface area contributed by atoms with Crippen LogP contribution in [0.1, 0.15) is 23.6 Å². The van der Waals surface area contributed by atoms with Gasteiger partial charge in [0.15, 0.2) is 5.50 Å². The molecule has 4 rings (SSSR count). The Labute approximate surface area is 196 Å². The van der Waals surface area contributed by atoms with E-state index in [-0.39, 0.29) is 23.7 Å². The van der Waals surface area contributed by atoms with Crippen molar-refractivity contribution in [2.75, 3.05) is 5.32 Å². The number of nitro groups is 1. The van der Waals surface area contributed by atoms with E-state index >= 15 is 0 Å². The fourth-order valence-electron chi connectivity index (χ4n) is 3.30. The third-order valence-electron chi connectivity index (χ3n) is 5.14. The maximum atomic E-state index is 12.5. The molecule has 3 aromatic carbocycles. The SMILES string of the molecule is CCc1ccc(N[C@@H]2NC(=O)/C(=C/c3ccccc3OCc3ccc([N+](=O)[O-])cc3)S2)cc1. The van der Waals surface area contributed by atoms with E-state index < -0.39 is 4.92 Å². The van der Waals surface area contributed by atoms with Crippen molar-refractivity contribution in [1.82, 2.24) is 5.32 Å². The largest absolute Gasteiger partial charge is 0.488 e. The normalized spacial score (nSPS) is 16.5. The van der Waals surface area contributed by atoms with Crippen LogP contribution >= 0.6 is 11.8 Å². The van der Waals surface area contributed by atoms with Crippen LogP contribution < -0.4 is 15.4 Å². The molecule has 8 heteroatoms. The molecule has 168 valence electrons. The van der Waals surface area contributed by atoms with E-state index in [0.29, 0.717) is 10.7 Å². The predicted molar refractivity (Wildman–Crippen MR) is 131 cm³/mol. The molecule has 1 atom stereocenters. The lowest BCUT2D eigenvalue weighted by molar-refractivity contribution is -0.384. The summed E-state index contributed by atoms with van der Waals surface area (Å²) in [5, 5.41) is 17.1. The lowest BCUT2D eigenvalue weighted by atomic mass is 10.1. The number of thioether (sulfide) groups is 1. The van der Waals surface area contributed by atoms with Gasteiger partial charge in [0.25, 0.3) is 11.6 Å². The van der Waals surface area contributed by atoms with Gasteiger partial charge in [0.2, 0.25) is 0 Å². The first-order chi connectivity index (χ1) is 16.0. The third kappa shape index (κ3) is 5.72. The highest BCUT2D eigenvalue weighted by Gasteiger charge is 2.27. The maximum absolute atomic E-state index is 12.5. The second kappa shape index (κ2) is 10.2. The van der Waals surface area contributed by atoms with Gasteiger partial charge in [0.1, 0.15) is 12.4 Å². The molecule has 0 unspecified atom stereocenters. The zero-order valence-corrected chi connectivity index (χ0v) is 18.8. The summed E-state index contributed by atoms with van der Waals surface area (Å²) < 4.78 is 5.94. The zero-order chi connectivity index (χ0) is 23.2. The number of aryl methyl sites for hydroxylation is 1. The minimum Gasteiger partial charge on any atom is -0.488 e. The van der Waals surface area contributed by atoms with Crippen LogP contribution in [0.15, 0.2) is 77.7 Å². The number of rotatable bonds is 8. The van der Waals surface area contributed by atoms with Gasteiger partial charge in [-0.2, -0.15) is 0 Å². The average molecular weight is 462 g/mol. The minimum atomic E-state index is -0.432. The number of benzene rings is 3. The van der Waals surface area contributed by atoms with Crippen molar-refractivity contribution >= 4 is 35.1 Å². The standard InChI is InChI=1S/C25H23N3O4S/c1-2-17-7-11-20(12-8-17)26-25-27-24(29)23(33-25)15-19-5-3-4-6-22(19)32-16-18-9-13-21(14-10-18)28(30)31/h3-15,25-26H,2,16H2,1H3,(H,27,29)/b23-15-/t25-/m1/s1. The highest BCUT2D eigenvalue weighted by molar-refractivity contribution is 8.05. The Morgan fingerprint density at radius 3 is 2.45 bits per heavy atom. The fourth-order valence-corrected chi connectivity index (χ4v) is 4.28. The van der Waals surface area contributed by atoms with Gasteiger partial charge in [-0.05, 0) is 54.0 Å². The van der Waals surface area contributed by atoms with Gasteiger partial charge in [0.05, 0.1) is 9.83 Å². The van der Waals surface area contributed by atoms with Crippen LogP contribution in [-0.4, -0.2) is 16.3 Å². The number of ether oxygens (including phenoxy) is 1. The summed E-state index contributed by atoms with van der Waals surface area (Å²) in [7, 11) is 0. The molecule has 0 spiro atoms. The molecule has 1 amide bonds. The van der Waals surface area contributed by atoms with Gasteiger partial charge in [-0.1, -0.05) is 49.0 Å². The van der Waals surface area contributed by atoms with Gasteiger partial charge in [-0.3, -0.25) is 14.9 Å². The molecule has 0 radical (unpaired) electrons. The summed E-state index contributed by atoms with van der Waals surface area (Å²) in [6, 6.07) is 21.9. The number of hydrogen-bond donors (Lipinski definition) is 2. The van der Waals surface area contributed by atoms with Gasteiger partial charge < -0.3 is 15.4 Å². The van der Waals surface area contributed by atoms with Crippen LogP contribution in [0.2, 0.25) is 0 Å². The van der Waals surface area contributed by atoms with Crippen molar-refractivity contribution in [2.24, 2.45) is 0 Å². The van der Waals surface area contributed by atoms with Crippen LogP contribution in [0.25, 0.3) is 6.08 Å². The van der Waals surface area contributed by atoms with Gasteiger partial charge in [-0.25, -0.2) is 0 Å². The van der Waals surface area contributed by atoms with Crippen molar-refractivity contribution < 1.29 is 14.5 Å². The Morgan fingerprint density at radius 2 is 1.76 bits per heavy atom. The van der Waals surface area contributed by atoms with Crippen LogP contribution in [0.4, 0.5) is 11.4 Å². The van der Waals surface area contributed by atoms with Gasteiger partial charge in [-0.15, -0.1) is 0 Å². The molecule has 1 aliphatic heterocycles. The summed E-state index contributed by atoms with van der Waals surface area (Å²) in [4.78, 5) is 23.5. The smallest absolute Gasteiger partial charge is 0.269 e. The first-order valence-corrected chi connectivity index (χ1v) is 11.4. The molecule has 33 heavy (non-hydrogen) atoms. The molecule has 1 fully saturated rings. The van der Waals surface area contributed by atoms with Crippen molar-refractivity contribution in [2.45, 2.75) is 25.4 Å². The van der Waals surface area contributed by atoms with Crippen molar-refractivity contribution in [3.8, 4) is 5.75 Å². The quantitative estimate of drug-likeness (QED) is 0.267. The summed E-state index contributed by atoms with van der Waals surface area (Å²) in [5.74, 6) is 0.483. The molecule has 0 aliphatic carbocycles. The number of carbonyl (C=O) groups is 1. The van der Waals surface area contributed by atoms with E-state index in [2.05, 4.69) is 29.7 Å². The highest BCUT2D eigenvalue weighted by Crippen LogP contribution is 2.32. The molecule has 3 aromatic rings. The summed E-state index contributed by atoms with van der Waals surface area (Å²) in [6.07, 6.45) is 2.79. The van der Waals surface area contributed by atoms with E-state index in [0.717, 1.165) is 23.2 Å². The highest BCUT2D eigenvalue weighted by atomic mass is 32.2. The number of nitrogens with one attached hydrogen (secondary N) is 2. The first-order valence-electron chi connectivity index (χ1n) is 10.5. The maximum Gasteiger partial charge on any atom is 0.269 e. The van der Waals surface area contributed by atoms with Crippen molar-refractivity contribution in [3.63, 3.8) is 0 Å². The number of non-ortho nitro benzene ring substituents is 1. The molecule has 1 saturated heterocycles. The number of para-hydroxylation sites is 1. The van der Waals surface area contributed by atoms with Gasteiger partial charge in [0, 0.05) is 23.4 Å². The predicted octanol–water partition coefficient (Wildman–Crippen LogP) is 5.34. The monoisotopic (exact) mass is 461 g/mol. The molecular formula is C25H23N3O4S. The molecule has 0 bridgehead atoms. The number of carbonyl (C=O) groups excluding carboxylic acids is 1. The first kappa shape index (κ1) is 22.4. The average Bonchev–Trinajstić information content (AvgIpc) is 3.17. The summed E-state index contributed by atoms with van der Waals surface area (Å²) in [6.45, 7) is 2.37. The van der Waals surface area contributed by atoms with E-state index in [9.17, 15) is 14.9 Å². The summed E-state index contributed by atoms with van der Waals surface area (Å²) in [5.41, 5.74) is 3.58. The number of nitrogens with zero attached hydrogens (tertiary/aromatic N) is 1. The number of anilines is 1. The molecule has 0 saturated carbocycles. The second-order valence-corrected chi connectivity index (χ2v) is 8.57. The Morgan fingerprint density at radius 1 is 1.06 bits per heavy atom. The molecule has 0 aromatic heterocycles. The number of hydrogen-bond acceptors (Lipinski definition) is 6. The topological polar surface area (TPSA) is 93.5 Å². The zero-order valence-electron chi connectivity index (χ0n) is 18.0. The van der Waals surface area contributed by atoms with E-state index in [1.807, 2.05) is 42.5 Å². The van der Waals surface area contributed by atoms with Gasteiger partial charge >= 0.3 is 0 Å². The van der Waals surface area contributed by atoms with Crippen LogP contribution in [0.3, 0.4) is 0 Å². The van der Waals surface area contributed by atoms with Crippen LogP contribution in [0.5, 0.6) is 5.75 Å². The van der Waals surface area contributed by atoms with E-state index in [1.54, 1.807) is 12.1 Å². The molecule has 7 nitrogen and oxygen atoms in total. The molecule has 2 N–H and O–H groups in total. The lowest BCUT2D eigenvalue weighted by Gasteiger charge is -2.13. The van der Waals surface area contributed by atoms with Crippen LogP contribution in [0, 0.1) is 10.1 Å². The third-order valence-corrected chi connectivity index (χ3v) is 6.17. The second-order valence-electron chi connectivity index (χ2n) is 7.42. The number of nitro benzene ring substituents is 1. The Kier molecular flexibility index (Phi) is 6.95. The molecule has 1 heterocycles. The Bertz CT molecular complexity index is 1180. The van der Waals surface area contributed by atoms with Crippen molar-refractivity contribution in [3.05, 3.63) is 105 Å². The minimum absolute atomic E-state index is 0.0395. The molecule has 1 aliphatic rings. The number of amides is 1. The molecular weight excluding hydrogens is 438 g/mol. The Hall–Kier alpha value is -3.78. The van der Waals surface area contributed by atoms with E-state index in [4.69, 9.17) is 4.74 Å². The summed E-state index contributed by atoms with van der Waals surface area (Å²) >= 11 is 1.42.